The molecule has 0 bridgehead atoms. The average molecular weight is 372 g/mol. The van der Waals surface area contributed by atoms with Crippen molar-refractivity contribution in [3.63, 3.8) is 0 Å². The molecule has 0 spiro atoms. The van der Waals surface area contributed by atoms with Crippen LogP contribution in [0, 0.1) is 0 Å². The van der Waals surface area contributed by atoms with Crippen molar-refractivity contribution in [2.75, 3.05) is 6.54 Å². The first-order valence-electron chi connectivity index (χ1n) is 8.91. The zero-order chi connectivity index (χ0) is 19.3. The van der Waals surface area contributed by atoms with E-state index in [9.17, 15) is 9.59 Å². The number of hydrogen-bond acceptors (Lipinski definition) is 3. The molecule has 0 unspecified atom stereocenters. The third kappa shape index (κ3) is 2.64. The molecule has 5 rings (SSSR count). The van der Waals surface area contributed by atoms with Crippen molar-refractivity contribution in [1.29, 1.82) is 0 Å². The Bertz CT molecular complexity index is 1250. The second-order valence-electron chi connectivity index (χ2n) is 6.80. The van der Waals surface area contributed by atoms with E-state index in [1.807, 2.05) is 36.4 Å². The molecule has 4 N–H and O–H groups in total. The molecule has 7 heteroatoms. The Morgan fingerprint density at radius 2 is 1.93 bits per heavy atom. The van der Waals surface area contributed by atoms with Gasteiger partial charge in [0.15, 0.2) is 0 Å². The fourth-order valence-corrected chi connectivity index (χ4v) is 3.61. The quantitative estimate of drug-likeness (QED) is 0.442. The van der Waals surface area contributed by atoms with Crippen molar-refractivity contribution in [3.8, 4) is 22.5 Å². The van der Waals surface area contributed by atoms with Crippen molar-refractivity contribution < 1.29 is 14.7 Å². The van der Waals surface area contributed by atoms with Crippen molar-refractivity contribution >= 4 is 22.8 Å². The van der Waals surface area contributed by atoms with Gasteiger partial charge in [-0.1, -0.05) is 6.07 Å². The monoisotopic (exact) mass is 372 g/mol. The third-order valence-corrected chi connectivity index (χ3v) is 5.02. The number of hydrogen-bond donors (Lipinski definition) is 4. The number of fused-ring (bicyclic) bond motifs is 2. The first-order chi connectivity index (χ1) is 13.6. The Kier molecular flexibility index (Phi) is 3.55. The molecule has 1 aromatic carbocycles. The molecule has 0 atom stereocenters. The molecule has 0 aliphatic carbocycles. The van der Waals surface area contributed by atoms with Gasteiger partial charge in [-0.2, -0.15) is 0 Å². The number of nitrogens with zero attached hydrogens (tertiary/aromatic N) is 1. The highest BCUT2D eigenvalue weighted by atomic mass is 16.4. The molecule has 4 heterocycles. The van der Waals surface area contributed by atoms with Crippen molar-refractivity contribution in [2.45, 2.75) is 6.42 Å². The second kappa shape index (κ2) is 6.09. The number of rotatable bonds is 3. The Labute approximate surface area is 159 Å². The van der Waals surface area contributed by atoms with Gasteiger partial charge < -0.3 is 20.4 Å². The van der Waals surface area contributed by atoms with E-state index in [0.717, 1.165) is 45.5 Å². The van der Waals surface area contributed by atoms with E-state index < -0.39 is 5.97 Å². The average Bonchev–Trinajstić information content (AvgIpc) is 3.33. The zero-order valence-corrected chi connectivity index (χ0v) is 14.7. The molecule has 1 aliphatic rings. The standard InChI is InChI=1S/C21H16N4O3/c26-20-14-10-18(25-16(14)4-6-23-20)12-3-5-22-17(8-12)11-1-2-15-13(7-11)9-19(24-15)21(27)28/h1-3,5,7-10,24-25H,4,6H2,(H,23,26)(H,27,28). The predicted octanol–water partition coefficient (Wildman–Crippen LogP) is 3.21. The van der Waals surface area contributed by atoms with Crippen LogP contribution in [0.5, 0.6) is 0 Å². The minimum Gasteiger partial charge on any atom is -0.477 e. The van der Waals surface area contributed by atoms with Gasteiger partial charge in [-0.25, -0.2) is 4.79 Å². The number of benzene rings is 1. The number of amides is 1. The van der Waals surface area contributed by atoms with Gasteiger partial charge in [0.25, 0.3) is 5.91 Å². The van der Waals surface area contributed by atoms with Gasteiger partial charge >= 0.3 is 5.97 Å². The number of carbonyl (C=O) groups is 2. The van der Waals surface area contributed by atoms with Gasteiger partial charge in [-0.15, -0.1) is 0 Å². The maximum absolute atomic E-state index is 12.0. The highest BCUT2D eigenvalue weighted by Crippen LogP contribution is 2.29. The van der Waals surface area contributed by atoms with E-state index in [-0.39, 0.29) is 11.6 Å². The fraction of sp³-hybridized carbons (Fsp3) is 0.0952. The summed E-state index contributed by atoms with van der Waals surface area (Å²) in [5.74, 6) is -1.04. The molecule has 1 aliphatic heterocycles. The summed E-state index contributed by atoms with van der Waals surface area (Å²) in [5, 5.41) is 12.8. The number of aromatic amines is 2. The van der Waals surface area contributed by atoms with Crippen LogP contribution < -0.4 is 5.32 Å². The topological polar surface area (TPSA) is 111 Å². The van der Waals surface area contributed by atoms with E-state index in [4.69, 9.17) is 5.11 Å². The molecule has 4 aromatic rings. The third-order valence-electron chi connectivity index (χ3n) is 5.02. The highest BCUT2D eigenvalue weighted by molar-refractivity contribution is 5.98. The van der Waals surface area contributed by atoms with Gasteiger partial charge in [0.2, 0.25) is 0 Å². The van der Waals surface area contributed by atoms with Crippen molar-refractivity contribution in [3.05, 3.63) is 65.6 Å². The normalized spacial score (nSPS) is 13.4. The Morgan fingerprint density at radius 3 is 2.75 bits per heavy atom. The molecule has 7 nitrogen and oxygen atoms in total. The van der Waals surface area contributed by atoms with Crippen LogP contribution in [0.2, 0.25) is 0 Å². The second-order valence-corrected chi connectivity index (χ2v) is 6.80. The fourth-order valence-electron chi connectivity index (χ4n) is 3.61. The Hall–Kier alpha value is -3.87. The Morgan fingerprint density at radius 1 is 1.04 bits per heavy atom. The van der Waals surface area contributed by atoms with E-state index >= 15 is 0 Å². The summed E-state index contributed by atoms with van der Waals surface area (Å²) < 4.78 is 0. The van der Waals surface area contributed by atoms with Crippen LogP contribution in [0.3, 0.4) is 0 Å². The molecule has 0 saturated carbocycles. The van der Waals surface area contributed by atoms with E-state index in [0.29, 0.717) is 12.1 Å². The number of carboxylic acids is 1. The van der Waals surface area contributed by atoms with E-state index in [1.54, 1.807) is 12.3 Å². The number of aromatic carboxylic acids is 1. The van der Waals surface area contributed by atoms with Crippen LogP contribution in [0.25, 0.3) is 33.4 Å². The largest absolute Gasteiger partial charge is 0.477 e. The molecule has 0 radical (unpaired) electrons. The lowest BCUT2D eigenvalue weighted by atomic mass is 10.1. The molecular weight excluding hydrogens is 356 g/mol. The summed E-state index contributed by atoms with van der Waals surface area (Å²) in [7, 11) is 0. The summed E-state index contributed by atoms with van der Waals surface area (Å²) in [4.78, 5) is 33.8. The Balaban J connectivity index is 1.55. The van der Waals surface area contributed by atoms with E-state index in [2.05, 4.69) is 20.3 Å². The minimum atomic E-state index is -0.988. The number of aromatic nitrogens is 3. The van der Waals surface area contributed by atoms with Crippen LogP contribution in [0.4, 0.5) is 0 Å². The smallest absolute Gasteiger partial charge is 0.352 e. The number of carbonyl (C=O) groups excluding carboxylic acids is 1. The van der Waals surface area contributed by atoms with Crippen LogP contribution >= 0.6 is 0 Å². The summed E-state index contributed by atoms with van der Waals surface area (Å²) >= 11 is 0. The maximum Gasteiger partial charge on any atom is 0.352 e. The molecule has 0 saturated heterocycles. The van der Waals surface area contributed by atoms with Crippen molar-refractivity contribution in [1.82, 2.24) is 20.3 Å². The van der Waals surface area contributed by atoms with Crippen LogP contribution in [0.15, 0.2) is 48.7 Å². The SMILES string of the molecule is O=C(O)c1cc2cc(-c3cc(-c4cc5c([nH]4)CCNC5=O)ccn3)ccc2[nH]1. The molecule has 138 valence electrons. The molecule has 0 fully saturated rings. The van der Waals surface area contributed by atoms with Gasteiger partial charge in [0, 0.05) is 52.6 Å². The van der Waals surface area contributed by atoms with E-state index in [1.165, 1.54) is 0 Å². The predicted molar refractivity (Wildman–Crippen MR) is 104 cm³/mol. The first kappa shape index (κ1) is 16.3. The van der Waals surface area contributed by atoms with Gasteiger partial charge in [-0.05, 0) is 36.4 Å². The van der Waals surface area contributed by atoms with Crippen molar-refractivity contribution in [2.24, 2.45) is 0 Å². The maximum atomic E-state index is 12.0. The van der Waals surface area contributed by atoms with Crippen LogP contribution in [-0.4, -0.2) is 38.5 Å². The van der Waals surface area contributed by atoms with Gasteiger partial charge in [0.1, 0.15) is 5.69 Å². The molecular formula is C21H16N4O3. The van der Waals surface area contributed by atoms with Crippen LogP contribution in [-0.2, 0) is 6.42 Å². The number of pyridine rings is 1. The summed E-state index contributed by atoms with van der Waals surface area (Å²) in [5.41, 5.74) is 6.04. The summed E-state index contributed by atoms with van der Waals surface area (Å²) in [6.45, 7) is 0.641. The molecule has 1 amide bonds. The van der Waals surface area contributed by atoms with Gasteiger partial charge in [-0.3, -0.25) is 9.78 Å². The molecule has 3 aromatic heterocycles. The zero-order valence-electron chi connectivity index (χ0n) is 14.7. The minimum absolute atomic E-state index is 0.0508. The summed E-state index contributed by atoms with van der Waals surface area (Å²) in [6, 6.07) is 13.0. The summed E-state index contributed by atoms with van der Waals surface area (Å²) in [6.07, 6.45) is 2.52. The highest BCUT2D eigenvalue weighted by Gasteiger charge is 2.20. The first-order valence-corrected chi connectivity index (χ1v) is 8.91. The lowest BCUT2D eigenvalue weighted by Crippen LogP contribution is -2.31. The lowest BCUT2D eigenvalue weighted by Gasteiger charge is -2.10. The number of nitrogens with one attached hydrogen (secondary N) is 3. The number of H-pyrrole nitrogens is 2. The lowest BCUT2D eigenvalue weighted by molar-refractivity contribution is 0.0691. The molecule has 28 heavy (non-hydrogen) atoms. The van der Waals surface area contributed by atoms with Crippen LogP contribution in [0.1, 0.15) is 26.5 Å². The number of carboxylic acid groups (broad SMARTS) is 1. The van der Waals surface area contributed by atoms with Gasteiger partial charge in [0.05, 0.1) is 11.3 Å².